The van der Waals surface area contributed by atoms with Gasteiger partial charge >= 0.3 is 0 Å². The van der Waals surface area contributed by atoms with Crippen molar-refractivity contribution < 1.29 is 14.3 Å². The summed E-state index contributed by atoms with van der Waals surface area (Å²) < 4.78 is 5.33. The Labute approximate surface area is 174 Å². The van der Waals surface area contributed by atoms with Crippen LogP contribution in [0.1, 0.15) is 26.4 Å². The van der Waals surface area contributed by atoms with Crippen molar-refractivity contribution in [3.63, 3.8) is 0 Å². The predicted molar refractivity (Wildman–Crippen MR) is 114 cm³/mol. The van der Waals surface area contributed by atoms with Gasteiger partial charge in [0.05, 0.1) is 19.0 Å². The number of benzene rings is 2. The minimum atomic E-state index is -0.424. The zero-order valence-corrected chi connectivity index (χ0v) is 16.8. The van der Waals surface area contributed by atoms with Gasteiger partial charge in [-0.15, -0.1) is 0 Å². The molecule has 0 bridgehead atoms. The van der Waals surface area contributed by atoms with Crippen LogP contribution < -0.4 is 21.1 Å². The van der Waals surface area contributed by atoms with Crippen molar-refractivity contribution in [3.05, 3.63) is 71.5 Å². The molecule has 0 aliphatic heterocycles. The molecule has 3 aromatic rings. The summed E-state index contributed by atoms with van der Waals surface area (Å²) in [6.07, 6.45) is 2.12. The van der Waals surface area contributed by atoms with Crippen LogP contribution in [0.2, 0.25) is 0 Å². The lowest BCUT2D eigenvalue weighted by Gasteiger charge is -2.10. The molecule has 4 N–H and O–H groups in total. The number of carbonyl (C=O) groups is 2. The van der Waals surface area contributed by atoms with Crippen LogP contribution in [0.15, 0.2) is 54.7 Å². The maximum atomic E-state index is 12.6. The molecule has 2 amide bonds. The monoisotopic (exact) mass is 405 g/mol. The van der Waals surface area contributed by atoms with Crippen molar-refractivity contribution in [3.8, 4) is 17.0 Å². The third-order valence-corrected chi connectivity index (χ3v) is 4.54. The first-order chi connectivity index (χ1) is 14.5. The van der Waals surface area contributed by atoms with Crippen LogP contribution >= 0.6 is 0 Å². The highest BCUT2D eigenvalue weighted by Crippen LogP contribution is 2.20. The minimum Gasteiger partial charge on any atom is -0.496 e. The summed E-state index contributed by atoms with van der Waals surface area (Å²) >= 11 is 0. The Hall–Kier alpha value is -3.94. The van der Waals surface area contributed by atoms with Crippen LogP contribution in [0, 0.1) is 0 Å². The van der Waals surface area contributed by atoms with Crippen LogP contribution in [0.4, 0.5) is 5.82 Å². The lowest BCUT2D eigenvalue weighted by atomic mass is 10.1. The van der Waals surface area contributed by atoms with E-state index in [1.807, 2.05) is 24.3 Å². The largest absolute Gasteiger partial charge is 0.496 e. The van der Waals surface area contributed by atoms with Gasteiger partial charge in [0.2, 0.25) is 0 Å². The second kappa shape index (κ2) is 9.51. The zero-order chi connectivity index (χ0) is 21.5. The average molecular weight is 405 g/mol. The van der Waals surface area contributed by atoms with Crippen molar-refractivity contribution in [2.24, 2.45) is 0 Å². The third kappa shape index (κ3) is 4.72. The van der Waals surface area contributed by atoms with Crippen molar-refractivity contribution in [2.75, 3.05) is 26.4 Å². The third-order valence-electron chi connectivity index (χ3n) is 4.54. The number of para-hydroxylation sites is 1. The van der Waals surface area contributed by atoms with Crippen LogP contribution in [0.3, 0.4) is 0 Å². The van der Waals surface area contributed by atoms with Crippen LogP contribution in [0.5, 0.6) is 5.75 Å². The van der Waals surface area contributed by atoms with Crippen molar-refractivity contribution in [1.29, 1.82) is 0 Å². The fourth-order valence-electron chi connectivity index (χ4n) is 2.97. The second-order valence-corrected chi connectivity index (χ2v) is 6.47. The number of hydrogen-bond donors (Lipinski definition) is 3. The molecule has 8 nitrogen and oxygen atoms in total. The SMILES string of the molecule is CNC(=O)c1nc(-c2cccc(C(=O)NCCc3ccccc3OC)c2)cnc1N. The maximum absolute atomic E-state index is 12.6. The fourth-order valence-corrected chi connectivity index (χ4v) is 2.97. The number of nitrogens with zero attached hydrogens (tertiary/aromatic N) is 2. The molecule has 154 valence electrons. The molecule has 0 fully saturated rings. The Morgan fingerprint density at radius 3 is 2.67 bits per heavy atom. The molecule has 8 heteroatoms. The summed E-state index contributed by atoms with van der Waals surface area (Å²) in [4.78, 5) is 32.8. The number of rotatable bonds is 7. The Balaban J connectivity index is 1.72. The van der Waals surface area contributed by atoms with Gasteiger partial charge in [0.15, 0.2) is 11.5 Å². The summed E-state index contributed by atoms with van der Waals surface area (Å²) in [5.74, 6) is 0.208. The van der Waals surface area contributed by atoms with Crippen molar-refractivity contribution in [2.45, 2.75) is 6.42 Å². The molecule has 0 unspecified atom stereocenters. The number of nitrogens with two attached hydrogens (primary N) is 1. The minimum absolute atomic E-state index is 0.0432. The van der Waals surface area contributed by atoms with Crippen LogP contribution in [-0.4, -0.2) is 42.5 Å². The van der Waals surface area contributed by atoms with E-state index in [0.29, 0.717) is 29.8 Å². The van der Waals surface area contributed by atoms with Gasteiger partial charge in [0, 0.05) is 24.7 Å². The van der Waals surface area contributed by atoms with E-state index in [2.05, 4.69) is 20.6 Å². The first-order valence-corrected chi connectivity index (χ1v) is 9.38. The second-order valence-electron chi connectivity index (χ2n) is 6.47. The molecule has 2 aromatic carbocycles. The Morgan fingerprint density at radius 2 is 1.90 bits per heavy atom. The van der Waals surface area contributed by atoms with E-state index in [9.17, 15) is 9.59 Å². The average Bonchev–Trinajstić information content (AvgIpc) is 2.79. The van der Waals surface area contributed by atoms with E-state index in [-0.39, 0.29) is 17.4 Å². The molecule has 0 spiro atoms. The maximum Gasteiger partial charge on any atom is 0.273 e. The van der Waals surface area contributed by atoms with E-state index in [1.54, 1.807) is 31.4 Å². The lowest BCUT2D eigenvalue weighted by molar-refractivity contribution is 0.0947. The molecule has 0 atom stereocenters. The molecular weight excluding hydrogens is 382 g/mol. The number of hydrogen-bond acceptors (Lipinski definition) is 6. The Bertz CT molecular complexity index is 1070. The molecule has 3 rings (SSSR count). The Kier molecular flexibility index (Phi) is 6.59. The topological polar surface area (TPSA) is 119 Å². The van der Waals surface area contributed by atoms with E-state index >= 15 is 0 Å². The smallest absolute Gasteiger partial charge is 0.273 e. The van der Waals surface area contributed by atoms with Gasteiger partial charge in [-0.1, -0.05) is 30.3 Å². The summed E-state index contributed by atoms with van der Waals surface area (Å²) in [6, 6.07) is 14.7. The van der Waals surface area contributed by atoms with Gasteiger partial charge in [-0.05, 0) is 30.2 Å². The molecule has 0 saturated heterocycles. The fraction of sp³-hybridized carbons (Fsp3) is 0.182. The normalized spacial score (nSPS) is 10.3. The van der Waals surface area contributed by atoms with E-state index < -0.39 is 5.91 Å². The van der Waals surface area contributed by atoms with Gasteiger partial charge in [-0.25, -0.2) is 9.97 Å². The van der Waals surface area contributed by atoms with Gasteiger partial charge in [-0.3, -0.25) is 9.59 Å². The van der Waals surface area contributed by atoms with E-state index in [0.717, 1.165) is 11.3 Å². The van der Waals surface area contributed by atoms with Gasteiger partial charge in [-0.2, -0.15) is 0 Å². The number of carbonyl (C=O) groups excluding carboxylic acids is 2. The molecule has 0 saturated carbocycles. The number of nitrogen functional groups attached to an aromatic ring is 1. The predicted octanol–water partition coefficient (Wildman–Crippen LogP) is 2.07. The van der Waals surface area contributed by atoms with Gasteiger partial charge in [0.1, 0.15) is 5.75 Å². The number of nitrogens with one attached hydrogen (secondary N) is 2. The summed E-state index contributed by atoms with van der Waals surface area (Å²) in [7, 11) is 3.12. The van der Waals surface area contributed by atoms with Crippen molar-refractivity contribution in [1.82, 2.24) is 20.6 Å². The van der Waals surface area contributed by atoms with E-state index in [1.165, 1.54) is 13.2 Å². The molecule has 1 aromatic heterocycles. The highest BCUT2D eigenvalue weighted by molar-refractivity contribution is 5.97. The number of methoxy groups -OCH3 is 1. The Morgan fingerprint density at radius 1 is 1.10 bits per heavy atom. The van der Waals surface area contributed by atoms with Gasteiger partial charge in [0.25, 0.3) is 11.8 Å². The van der Waals surface area contributed by atoms with Crippen LogP contribution in [0.25, 0.3) is 11.3 Å². The molecule has 1 heterocycles. The van der Waals surface area contributed by atoms with Gasteiger partial charge < -0.3 is 21.1 Å². The highest BCUT2D eigenvalue weighted by atomic mass is 16.5. The first kappa shape index (κ1) is 20.8. The standard InChI is InChI=1S/C22H23N5O3/c1-24-22(29)19-20(23)26-13-17(27-19)15-7-5-8-16(12-15)21(28)25-11-10-14-6-3-4-9-18(14)30-2/h3-9,12-13H,10-11H2,1-2H3,(H2,23,26)(H,24,29)(H,25,28). The molecule has 0 radical (unpaired) electrons. The molecule has 30 heavy (non-hydrogen) atoms. The number of anilines is 1. The highest BCUT2D eigenvalue weighted by Gasteiger charge is 2.14. The van der Waals surface area contributed by atoms with Crippen LogP contribution in [-0.2, 0) is 6.42 Å². The summed E-state index contributed by atoms with van der Waals surface area (Å²) in [6.45, 7) is 0.464. The molecular formula is C22H23N5O3. The first-order valence-electron chi connectivity index (χ1n) is 9.38. The summed E-state index contributed by atoms with van der Waals surface area (Å²) in [5, 5.41) is 5.39. The number of aromatic nitrogens is 2. The quantitative estimate of drug-likeness (QED) is 0.554. The number of amides is 2. The number of ether oxygens (including phenoxy) is 1. The lowest BCUT2D eigenvalue weighted by Crippen LogP contribution is -2.25. The zero-order valence-electron chi connectivity index (χ0n) is 16.8. The molecule has 0 aliphatic carbocycles. The molecule has 0 aliphatic rings. The van der Waals surface area contributed by atoms with E-state index in [4.69, 9.17) is 10.5 Å². The summed E-state index contributed by atoms with van der Waals surface area (Å²) in [5.41, 5.74) is 8.39. The van der Waals surface area contributed by atoms with Crippen molar-refractivity contribution >= 4 is 17.6 Å².